The minimum atomic E-state index is -0.877. The van der Waals surface area contributed by atoms with Crippen molar-refractivity contribution in [1.29, 1.82) is 5.26 Å². The molecule has 0 aliphatic rings. The summed E-state index contributed by atoms with van der Waals surface area (Å²) in [7, 11) is 1.14. The number of benzene rings is 1. The standard InChI is InChI=1S/C10H7ClFNO2/c1-15-10(14)8-3-6(4-11)2-7(5-13)9(8)12/h2-3H,4H2,1H3. The minimum Gasteiger partial charge on any atom is -0.465 e. The number of esters is 1. The lowest BCUT2D eigenvalue weighted by molar-refractivity contribution is 0.0595. The highest BCUT2D eigenvalue weighted by Gasteiger charge is 2.17. The Balaban J connectivity index is 3.38. The number of rotatable bonds is 2. The molecule has 0 heterocycles. The maximum atomic E-state index is 13.5. The normalized spacial score (nSPS) is 9.47. The van der Waals surface area contributed by atoms with Gasteiger partial charge in [0.15, 0.2) is 5.82 Å². The first-order valence-electron chi connectivity index (χ1n) is 4.00. The molecule has 0 aliphatic carbocycles. The van der Waals surface area contributed by atoms with Crippen molar-refractivity contribution < 1.29 is 13.9 Å². The lowest BCUT2D eigenvalue weighted by Crippen LogP contribution is -2.07. The van der Waals surface area contributed by atoms with Crippen molar-refractivity contribution in [3.63, 3.8) is 0 Å². The first-order valence-corrected chi connectivity index (χ1v) is 4.54. The Hall–Kier alpha value is -1.60. The number of methoxy groups -OCH3 is 1. The van der Waals surface area contributed by atoms with Crippen LogP contribution in [0.5, 0.6) is 0 Å². The van der Waals surface area contributed by atoms with E-state index in [1.807, 2.05) is 0 Å². The fourth-order valence-corrected chi connectivity index (χ4v) is 1.26. The first kappa shape index (κ1) is 11.5. The molecular weight excluding hydrogens is 221 g/mol. The molecule has 0 atom stereocenters. The van der Waals surface area contributed by atoms with E-state index < -0.39 is 11.8 Å². The lowest BCUT2D eigenvalue weighted by Gasteiger charge is -2.04. The van der Waals surface area contributed by atoms with Crippen molar-refractivity contribution in [2.75, 3.05) is 7.11 Å². The van der Waals surface area contributed by atoms with Crippen molar-refractivity contribution in [2.45, 2.75) is 5.88 Å². The van der Waals surface area contributed by atoms with Crippen molar-refractivity contribution in [3.8, 4) is 6.07 Å². The Morgan fingerprint density at radius 2 is 2.33 bits per heavy atom. The van der Waals surface area contributed by atoms with Gasteiger partial charge in [0, 0.05) is 5.88 Å². The molecule has 0 fully saturated rings. The van der Waals surface area contributed by atoms with E-state index in [1.54, 1.807) is 6.07 Å². The third kappa shape index (κ3) is 2.25. The molecule has 78 valence electrons. The third-order valence-electron chi connectivity index (χ3n) is 1.81. The third-order valence-corrected chi connectivity index (χ3v) is 2.12. The second kappa shape index (κ2) is 4.76. The average molecular weight is 228 g/mol. The SMILES string of the molecule is COC(=O)c1cc(CCl)cc(C#N)c1F. The fraction of sp³-hybridized carbons (Fsp3) is 0.200. The Bertz CT molecular complexity index is 440. The van der Waals surface area contributed by atoms with Crippen LogP contribution in [-0.2, 0) is 10.6 Å². The molecule has 5 heteroatoms. The smallest absolute Gasteiger partial charge is 0.340 e. The average Bonchev–Trinajstić information content (AvgIpc) is 2.28. The first-order chi connectivity index (χ1) is 7.13. The molecular formula is C10H7ClFNO2. The largest absolute Gasteiger partial charge is 0.465 e. The number of hydrogen-bond donors (Lipinski definition) is 0. The lowest BCUT2D eigenvalue weighted by atomic mass is 10.1. The maximum Gasteiger partial charge on any atom is 0.340 e. The maximum absolute atomic E-state index is 13.5. The van der Waals surface area contributed by atoms with E-state index in [9.17, 15) is 9.18 Å². The summed E-state index contributed by atoms with van der Waals surface area (Å²) in [5.74, 6) is -1.60. The molecule has 1 aromatic rings. The van der Waals surface area contributed by atoms with Gasteiger partial charge in [0.2, 0.25) is 0 Å². The van der Waals surface area contributed by atoms with Crippen molar-refractivity contribution in [1.82, 2.24) is 0 Å². The number of carbonyl (C=O) groups excluding carboxylic acids is 1. The van der Waals surface area contributed by atoms with E-state index in [1.165, 1.54) is 12.1 Å². The number of nitriles is 1. The van der Waals surface area contributed by atoms with Crippen LogP contribution in [0.15, 0.2) is 12.1 Å². The Kier molecular flexibility index (Phi) is 3.64. The van der Waals surface area contributed by atoms with Gasteiger partial charge in [-0.15, -0.1) is 11.6 Å². The molecule has 3 nitrogen and oxygen atoms in total. The molecule has 0 aliphatic heterocycles. The molecule has 1 aromatic carbocycles. The molecule has 0 radical (unpaired) electrons. The fourth-order valence-electron chi connectivity index (χ4n) is 1.10. The van der Waals surface area contributed by atoms with Gasteiger partial charge in [-0.2, -0.15) is 5.26 Å². The van der Waals surface area contributed by atoms with Crippen LogP contribution in [0.1, 0.15) is 21.5 Å². The highest BCUT2D eigenvalue weighted by Crippen LogP contribution is 2.18. The van der Waals surface area contributed by atoms with Gasteiger partial charge in [0.1, 0.15) is 6.07 Å². The molecule has 0 unspecified atom stereocenters. The second-order valence-corrected chi connectivity index (χ2v) is 3.01. The van der Waals surface area contributed by atoms with Gasteiger partial charge in [-0.1, -0.05) is 0 Å². The summed E-state index contributed by atoms with van der Waals surface area (Å²) in [6, 6.07) is 4.22. The van der Waals surface area contributed by atoms with E-state index in [0.29, 0.717) is 5.56 Å². The van der Waals surface area contributed by atoms with E-state index in [-0.39, 0.29) is 17.0 Å². The van der Waals surface area contributed by atoms with Gasteiger partial charge < -0.3 is 4.74 Å². The second-order valence-electron chi connectivity index (χ2n) is 2.74. The number of nitrogens with zero attached hydrogens (tertiary/aromatic N) is 1. The van der Waals surface area contributed by atoms with Crippen LogP contribution in [0.25, 0.3) is 0 Å². The molecule has 0 aromatic heterocycles. The quantitative estimate of drug-likeness (QED) is 0.575. The summed E-state index contributed by atoms with van der Waals surface area (Å²) < 4.78 is 17.8. The zero-order chi connectivity index (χ0) is 11.4. The van der Waals surface area contributed by atoms with Crippen molar-refractivity contribution >= 4 is 17.6 Å². The number of hydrogen-bond acceptors (Lipinski definition) is 3. The van der Waals surface area contributed by atoms with Crippen molar-refractivity contribution in [3.05, 3.63) is 34.6 Å². The van der Waals surface area contributed by atoms with Crippen LogP contribution >= 0.6 is 11.6 Å². The summed E-state index contributed by atoms with van der Waals surface area (Å²) in [6.45, 7) is 0. The van der Waals surface area contributed by atoms with Crippen LogP contribution in [0.2, 0.25) is 0 Å². The molecule has 0 N–H and O–H groups in total. The van der Waals surface area contributed by atoms with E-state index in [2.05, 4.69) is 4.74 Å². The molecule has 0 bridgehead atoms. The Morgan fingerprint density at radius 3 is 2.80 bits per heavy atom. The van der Waals surface area contributed by atoms with Crippen molar-refractivity contribution in [2.24, 2.45) is 0 Å². The predicted molar refractivity (Wildman–Crippen MR) is 52.0 cm³/mol. The van der Waals surface area contributed by atoms with E-state index in [4.69, 9.17) is 16.9 Å². The molecule has 0 saturated heterocycles. The zero-order valence-electron chi connectivity index (χ0n) is 7.88. The molecule has 0 amide bonds. The van der Waals surface area contributed by atoms with Crippen LogP contribution < -0.4 is 0 Å². The predicted octanol–water partition coefficient (Wildman–Crippen LogP) is 2.22. The highest BCUT2D eigenvalue weighted by atomic mass is 35.5. The van der Waals surface area contributed by atoms with Gasteiger partial charge in [-0.25, -0.2) is 9.18 Å². The van der Waals surface area contributed by atoms with Crippen LogP contribution in [-0.4, -0.2) is 13.1 Å². The Morgan fingerprint density at radius 1 is 1.67 bits per heavy atom. The summed E-state index contributed by atoms with van der Waals surface area (Å²) in [5, 5.41) is 8.63. The summed E-state index contributed by atoms with van der Waals surface area (Å²) in [5.41, 5.74) is 0.00997. The molecule has 0 saturated carbocycles. The van der Waals surface area contributed by atoms with Gasteiger partial charge in [-0.05, 0) is 17.7 Å². The van der Waals surface area contributed by atoms with Gasteiger partial charge in [0.25, 0.3) is 0 Å². The number of alkyl halides is 1. The highest BCUT2D eigenvalue weighted by molar-refractivity contribution is 6.17. The summed E-state index contributed by atoms with van der Waals surface area (Å²) in [6.07, 6.45) is 0. The van der Waals surface area contributed by atoms with Gasteiger partial charge in [-0.3, -0.25) is 0 Å². The van der Waals surface area contributed by atoms with E-state index >= 15 is 0 Å². The molecule has 0 spiro atoms. The number of carbonyl (C=O) groups is 1. The zero-order valence-corrected chi connectivity index (χ0v) is 8.64. The minimum absolute atomic E-state index is 0.0962. The summed E-state index contributed by atoms with van der Waals surface area (Å²) >= 11 is 5.54. The summed E-state index contributed by atoms with van der Waals surface area (Å²) in [4.78, 5) is 11.2. The topological polar surface area (TPSA) is 50.1 Å². The monoisotopic (exact) mass is 227 g/mol. The van der Waals surface area contributed by atoms with Crippen LogP contribution in [0.4, 0.5) is 4.39 Å². The van der Waals surface area contributed by atoms with E-state index in [0.717, 1.165) is 7.11 Å². The molecule has 15 heavy (non-hydrogen) atoms. The van der Waals surface area contributed by atoms with Gasteiger partial charge in [0.05, 0.1) is 18.2 Å². The number of halogens is 2. The van der Waals surface area contributed by atoms with Crippen LogP contribution in [0.3, 0.4) is 0 Å². The van der Waals surface area contributed by atoms with Gasteiger partial charge >= 0.3 is 5.97 Å². The number of ether oxygens (including phenoxy) is 1. The Labute approximate surface area is 91.0 Å². The van der Waals surface area contributed by atoms with Crippen LogP contribution in [0, 0.1) is 17.1 Å². The molecule has 1 rings (SSSR count).